The van der Waals surface area contributed by atoms with Crippen molar-refractivity contribution in [3.05, 3.63) is 89.0 Å². The zero-order valence-electron chi connectivity index (χ0n) is 20.0. The number of hydrogen-bond donors (Lipinski definition) is 1. The van der Waals surface area contributed by atoms with E-state index in [0.717, 1.165) is 23.1 Å². The fourth-order valence-electron chi connectivity index (χ4n) is 4.25. The zero-order chi connectivity index (χ0) is 26.9. The lowest BCUT2D eigenvalue weighted by Gasteiger charge is -2.26. The second-order valence-corrected chi connectivity index (χ2v) is 8.03. The van der Waals surface area contributed by atoms with Gasteiger partial charge in [0.05, 0.1) is 38.5 Å². The molecule has 4 rings (SSSR count). The largest absolute Gasteiger partial charge is 0.506 e. The molecule has 192 valence electrons. The molecular formula is C27H22F3NO6. The van der Waals surface area contributed by atoms with Crippen molar-refractivity contribution in [3.8, 4) is 17.2 Å². The summed E-state index contributed by atoms with van der Waals surface area (Å²) in [6, 6.07) is 13.8. The number of amides is 1. The van der Waals surface area contributed by atoms with Crippen LogP contribution in [-0.2, 0) is 15.8 Å². The Bertz CT molecular complexity index is 1360. The monoisotopic (exact) mass is 513 g/mol. The molecule has 10 heteroatoms. The molecule has 3 aromatic carbocycles. The Morgan fingerprint density at radius 3 is 2.00 bits per heavy atom. The highest BCUT2D eigenvalue weighted by atomic mass is 19.4. The van der Waals surface area contributed by atoms with E-state index in [9.17, 15) is 27.9 Å². The highest BCUT2D eigenvalue weighted by Gasteiger charge is 2.48. The van der Waals surface area contributed by atoms with Crippen LogP contribution in [0.2, 0.25) is 0 Å². The van der Waals surface area contributed by atoms with Gasteiger partial charge in [-0.15, -0.1) is 0 Å². The van der Waals surface area contributed by atoms with Gasteiger partial charge in [-0.3, -0.25) is 14.5 Å². The lowest BCUT2D eigenvalue weighted by molar-refractivity contribution is -0.137. The van der Waals surface area contributed by atoms with Crippen LogP contribution in [0.5, 0.6) is 17.2 Å². The van der Waals surface area contributed by atoms with Gasteiger partial charge in [0.15, 0.2) is 0 Å². The maximum absolute atomic E-state index is 13.5. The highest BCUT2D eigenvalue weighted by molar-refractivity contribution is 6.51. The van der Waals surface area contributed by atoms with Crippen molar-refractivity contribution in [1.82, 2.24) is 0 Å². The number of aliphatic hydroxyl groups is 1. The molecule has 3 aromatic rings. The molecule has 1 aliphatic rings. The van der Waals surface area contributed by atoms with Gasteiger partial charge in [-0.05, 0) is 48.0 Å². The van der Waals surface area contributed by atoms with E-state index in [1.54, 1.807) is 30.3 Å². The second kappa shape index (κ2) is 9.88. The van der Waals surface area contributed by atoms with E-state index in [1.165, 1.54) is 39.5 Å². The maximum Gasteiger partial charge on any atom is 0.416 e. The van der Waals surface area contributed by atoms with Crippen molar-refractivity contribution in [2.75, 3.05) is 26.2 Å². The van der Waals surface area contributed by atoms with Crippen LogP contribution in [0.25, 0.3) is 5.76 Å². The summed E-state index contributed by atoms with van der Waals surface area (Å²) in [5.74, 6) is -1.97. The molecule has 1 unspecified atom stereocenters. The topological polar surface area (TPSA) is 85.3 Å². The number of ether oxygens (including phenoxy) is 3. The molecule has 1 N–H and O–H groups in total. The smallest absolute Gasteiger partial charge is 0.416 e. The van der Waals surface area contributed by atoms with Crippen molar-refractivity contribution >= 4 is 23.1 Å². The van der Waals surface area contributed by atoms with E-state index in [0.29, 0.717) is 11.3 Å². The van der Waals surface area contributed by atoms with E-state index in [1.807, 2.05) is 0 Å². The van der Waals surface area contributed by atoms with Crippen LogP contribution in [0.3, 0.4) is 0 Å². The second-order valence-electron chi connectivity index (χ2n) is 8.03. The number of hydrogen-bond acceptors (Lipinski definition) is 6. The number of anilines is 1. The third-order valence-electron chi connectivity index (χ3n) is 5.99. The number of ketones is 1. The lowest BCUT2D eigenvalue weighted by Crippen LogP contribution is -2.29. The Morgan fingerprint density at radius 2 is 1.46 bits per heavy atom. The summed E-state index contributed by atoms with van der Waals surface area (Å²) in [5.41, 5.74) is -1.12. The molecule has 0 bridgehead atoms. The predicted molar refractivity (Wildman–Crippen MR) is 129 cm³/mol. The normalized spacial score (nSPS) is 17.1. The van der Waals surface area contributed by atoms with Crippen LogP contribution in [0, 0.1) is 0 Å². The van der Waals surface area contributed by atoms with Crippen LogP contribution in [-0.4, -0.2) is 38.1 Å². The molecule has 0 spiro atoms. The minimum atomic E-state index is -4.68. The summed E-state index contributed by atoms with van der Waals surface area (Å²) in [6.45, 7) is 0. The van der Waals surface area contributed by atoms with E-state index in [2.05, 4.69) is 0 Å². The molecule has 0 saturated carbocycles. The Labute approximate surface area is 210 Å². The van der Waals surface area contributed by atoms with Crippen molar-refractivity contribution < 1.29 is 42.1 Å². The minimum Gasteiger partial charge on any atom is -0.506 e. The van der Waals surface area contributed by atoms with Crippen LogP contribution < -0.4 is 19.1 Å². The quantitative estimate of drug-likeness (QED) is 0.272. The van der Waals surface area contributed by atoms with Crippen molar-refractivity contribution in [2.24, 2.45) is 0 Å². The number of rotatable bonds is 6. The van der Waals surface area contributed by atoms with Crippen LogP contribution >= 0.6 is 0 Å². The SMILES string of the molecule is COc1ccc(C2/C(=C(\O)c3c(OC)cccc3OC)C(=O)C(=O)N2c2cccc(C(F)(F)F)c2)cc1. The Balaban J connectivity index is 2.00. The van der Waals surface area contributed by atoms with Gasteiger partial charge in [-0.2, -0.15) is 13.2 Å². The van der Waals surface area contributed by atoms with Gasteiger partial charge >= 0.3 is 6.18 Å². The number of alkyl halides is 3. The first-order valence-electron chi connectivity index (χ1n) is 11.0. The fourth-order valence-corrected chi connectivity index (χ4v) is 4.25. The van der Waals surface area contributed by atoms with Gasteiger partial charge in [0.1, 0.15) is 28.6 Å². The number of carbonyl (C=O) groups excluding carboxylic acids is 2. The molecule has 37 heavy (non-hydrogen) atoms. The number of nitrogens with zero attached hydrogens (tertiary/aromatic N) is 1. The summed E-state index contributed by atoms with van der Waals surface area (Å²) in [4.78, 5) is 27.6. The summed E-state index contributed by atoms with van der Waals surface area (Å²) in [5, 5.41) is 11.4. The average Bonchev–Trinajstić information content (AvgIpc) is 3.17. The van der Waals surface area contributed by atoms with Gasteiger partial charge in [-0.25, -0.2) is 0 Å². The van der Waals surface area contributed by atoms with E-state index >= 15 is 0 Å². The molecule has 1 saturated heterocycles. The zero-order valence-corrected chi connectivity index (χ0v) is 20.0. The number of aliphatic hydroxyl groups excluding tert-OH is 1. The molecule has 1 heterocycles. The highest BCUT2D eigenvalue weighted by Crippen LogP contribution is 2.46. The van der Waals surface area contributed by atoms with Crippen LogP contribution in [0.15, 0.2) is 72.3 Å². The standard InChI is InChI=1S/C27H22F3NO6/c1-35-18-12-10-15(11-13-18)23-22(24(32)21-19(36-2)8-5-9-20(21)37-3)25(33)26(34)31(23)17-7-4-6-16(14-17)27(28,29)30/h4-14,23,32H,1-3H3/b24-22+. The van der Waals surface area contributed by atoms with Crippen molar-refractivity contribution in [3.63, 3.8) is 0 Å². The number of benzene rings is 3. The molecule has 1 amide bonds. The Kier molecular flexibility index (Phi) is 6.84. The predicted octanol–water partition coefficient (Wildman–Crippen LogP) is 5.36. The van der Waals surface area contributed by atoms with Crippen LogP contribution in [0.4, 0.5) is 18.9 Å². The van der Waals surface area contributed by atoms with Crippen molar-refractivity contribution in [1.29, 1.82) is 0 Å². The molecular weight excluding hydrogens is 491 g/mol. The molecule has 0 aromatic heterocycles. The molecule has 7 nitrogen and oxygen atoms in total. The van der Waals surface area contributed by atoms with Gasteiger partial charge in [0, 0.05) is 5.69 Å². The molecule has 1 fully saturated rings. The average molecular weight is 513 g/mol. The first-order chi connectivity index (χ1) is 17.6. The molecule has 1 atom stereocenters. The first-order valence-corrected chi connectivity index (χ1v) is 11.0. The Hall–Kier alpha value is -4.47. The van der Waals surface area contributed by atoms with Gasteiger partial charge in [0.2, 0.25) is 0 Å². The molecule has 0 aliphatic carbocycles. The third kappa shape index (κ3) is 4.57. The maximum atomic E-state index is 13.5. The van der Waals surface area contributed by atoms with Crippen molar-refractivity contribution in [2.45, 2.75) is 12.2 Å². The summed E-state index contributed by atoms with van der Waals surface area (Å²) in [6.07, 6.45) is -4.68. The summed E-state index contributed by atoms with van der Waals surface area (Å²) < 4.78 is 56.2. The number of Topliss-reactive ketones (excluding diaryl/α,β-unsaturated/α-hetero) is 1. The first kappa shape index (κ1) is 25.6. The van der Waals surface area contributed by atoms with E-state index in [-0.39, 0.29) is 28.3 Å². The number of halogens is 3. The van der Waals surface area contributed by atoms with Crippen LogP contribution in [0.1, 0.15) is 22.7 Å². The van der Waals surface area contributed by atoms with E-state index < -0.39 is 35.2 Å². The van der Waals surface area contributed by atoms with E-state index in [4.69, 9.17) is 14.2 Å². The van der Waals surface area contributed by atoms with Gasteiger partial charge in [0.25, 0.3) is 11.7 Å². The number of methoxy groups -OCH3 is 3. The molecule has 1 aliphatic heterocycles. The minimum absolute atomic E-state index is 0.0213. The third-order valence-corrected chi connectivity index (χ3v) is 5.99. The lowest BCUT2D eigenvalue weighted by atomic mass is 9.94. The van der Waals surface area contributed by atoms with Gasteiger partial charge in [-0.1, -0.05) is 24.3 Å². The number of carbonyl (C=O) groups is 2. The Morgan fingerprint density at radius 1 is 0.865 bits per heavy atom. The van der Waals surface area contributed by atoms with Gasteiger partial charge < -0.3 is 19.3 Å². The molecule has 0 radical (unpaired) electrons. The summed E-state index contributed by atoms with van der Waals surface area (Å²) >= 11 is 0. The fraction of sp³-hybridized carbons (Fsp3) is 0.185. The summed E-state index contributed by atoms with van der Waals surface area (Å²) in [7, 11) is 4.17.